The topological polar surface area (TPSA) is 26.0 Å². The van der Waals surface area contributed by atoms with E-state index in [1.165, 1.54) is 0 Å². The molecule has 0 aliphatic heterocycles. The van der Waals surface area contributed by atoms with Crippen molar-refractivity contribution in [3.8, 4) is 0 Å². The monoisotopic (exact) mass is 151 g/mol. The SMILES string of the molecule is [CH]C(S)c1ccc(N)cc1. The van der Waals surface area contributed by atoms with Gasteiger partial charge in [-0.05, 0) is 24.6 Å². The largest absolute Gasteiger partial charge is 0.399 e. The highest BCUT2D eigenvalue weighted by molar-refractivity contribution is 7.80. The molecule has 0 aliphatic carbocycles. The maximum Gasteiger partial charge on any atom is 0.0314 e. The molecule has 2 heteroatoms. The highest BCUT2D eigenvalue weighted by Gasteiger charge is 1.96. The van der Waals surface area contributed by atoms with Crippen molar-refractivity contribution in [2.24, 2.45) is 0 Å². The Morgan fingerprint density at radius 2 is 1.80 bits per heavy atom. The van der Waals surface area contributed by atoms with Crippen molar-refractivity contribution in [3.05, 3.63) is 36.8 Å². The third kappa shape index (κ3) is 1.67. The van der Waals surface area contributed by atoms with Crippen LogP contribution in [0.1, 0.15) is 10.8 Å². The molecular formula is C8H9NS. The molecule has 10 heavy (non-hydrogen) atoms. The molecule has 0 spiro atoms. The van der Waals surface area contributed by atoms with E-state index in [2.05, 4.69) is 12.6 Å². The summed E-state index contributed by atoms with van der Waals surface area (Å²) in [7, 11) is 0. The molecule has 1 aromatic rings. The van der Waals surface area contributed by atoms with Gasteiger partial charge in [0.25, 0.3) is 0 Å². The van der Waals surface area contributed by atoms with Gasteiger partial charge in [0.15, 0.2) is 0 Å². The average Bonchev–Trinajstić information content (AvgIpc) is 1.88. The van der Waals surface area contributed by atoms with Gasteiger partial charge in [-0.1, -0.05) is 12.1 Å². The second kappa shape index (κ2) is 2.97. The summed E-state index contributed by atoms with van der Waals surface area (Å²) in [4.78, 5) is 0. The average molecular weight is 151 g/mol. The fourth-order valence-corrected chi connectivity index (χ4v) is 0.865. The highest BCUT2D eigenvalue weighted by Crippen LogP contribution is 2.18. The summed E-state index contributed by atoms with van der Waals surface area (Å²) in [6.07, 6.45) is 0. The van der Waals surface area contributed by atoms with Gasteiger partial charge in [0, 0.05) is 10.9 Å². The predicted molar refractivity (Wildman–Crippen MR) is 46.9 cm³/mol. The molecule has 52 valence electrons. The molecule has 1 nitrogen and oxygen atoms in total. The maximum absolute atomic E-state index is 5.49. The second-order valence-electron chi connectivity index (χ2n) is 2.11. The summed E-state index contributed by atoms with van der Waals surface area (Å²) in [5.41, 5.74) is 7.19. The first-order chi connectivity index (χ1) is 4.70. The second-order valence-corrected chi connectivity index (χ2v) is 2.67. The van der Waals surface area contributed by atoms with Crippen LogP contribution in [0.2, 0.25) is 0 Å². The van der Waals surface area contributed by atoms with Gasteiger partial charge in [-0.2, -0.15) is 12.6 Å². The van der Waals surface area contributed by atoms with Crippen molar-refractivity contribution >= 4 is 18.3 Å². The predicted octanol–water partition coefficient (Wildman–Crippen LogP) is 1.95. The summed E-state index contributed by atoms with van der Waals surface area (Å²) in [5.74, 6) is 0. The minimum absolute atomic E-state index is 0.208. The lowest BCUT2D eigenvalue weighted by atomic mass is 10.1. The first-order valence-electron chi connectivity index (χ1n) is 2.99. The zero-order valence-corrected chi connectivity index (χ0v) is 6.38. The first kappa shape index (κ1) is 7.48. The Morgan fingerprint density at radius 3 is 2.20 bits per heavy atom. The smallest absolute Gasteiger partial charge is 0.0314 e. The van der Waals surface area contributed by atoms with E-state index >= 15 is 0 Å². The molecule has 0 heterocycles. The van der Waals surface area contributed by atoms with Crippen LogP contribution in [0.3, 0.4) is 0 Å². The van der Waals surface area contributed by atoms with Crippen molar-refractivity contribution in [1.82, 2.24) is 0 Å². The van der Waals surface area contributed by atoms with Crippen LogP contribution in [0.5, 0.6) is 0 Å². The fraction of sp³-hybridized carbons (Fsp3) is 0.125. The molecule has 1 unspecified atom stereocenters. The maximum atomic E-state index is 5.49. The van der Waals surface area contributed by atoms with Gasteiger partial charge >= 0.3 is 0 Å². The lowest BCUT2D eigenvalue weighted by molar-refractivity contribution is 1.24. The molecule has 1 rings (SSSR count). The van der Waals surface area contributed by atoms with Gasteiger partial charge in [0.05, 0.1) is 0 Å². The fourth-order valence-electron chi connectivity index (χ4n) is 0.693. The van der Waals surface area contributed by atoms with E-state index in [9.17, 15) is 0 Å². The normalized spacial score (nSPS) is 13.0. The number of nitrogen functional groups attached to an aromatic ring is 1. The van der Waals surface area contributed by atoms with Crippen LogP contribution in [0.15, 0.2) is 24.3 Å². The third-order valence-corrected chi connectivity index (χ3v) is 1.58. The Balaban J connectivity index is 2.89. The van der Waals surface area contributed by atoms with E-state index in [1.54, 1.807) is 0 Å². The highest BCUT2D eigenvalue weighted by atomic mass is 32.1. The van der Waals surface area contributed by atoms with E-state index in [-0.39, 0.29) is 5.25 Å². The van der Waals surface area contributed by atoms with Crippen LogP contribution in [0.25, 0.3) is 0 Å². The minimum Gasteiger partial charge on any atom is -0.399 e. The van der Waals surface area contributed by atoms with Crippen LogP contribution in [0, 0.1) is 6.92 Å². The number of nitrogens with two attached hydrogens (primary N) is 1. The van der Waals surface area contributed by atoms with E-state index in [1.807, 2.05) is 24.3 Å². The number of hydrogen-bond acceptors (Lipinski definition) is 2. The molecule has 0 fully saturated rings. The van der Waals surface area contributed by atoms with E-state index in [0.717, 1.165) is 11.3 Å². The Bertz CT molecular complexity index is 203. The van der Waals surface area contributed by atoms with Crippen LogP contribution in [-0.2, 0) is 0 Å². The van der Waals surface area contributed by atoms with Crippen molar-refractivity contribution in [1.29, 1.82) is 0 Å². The Hall–Kier alpha value is -0.630. The number of anilines is 1. The molecule has 0 aliphatic rings. The summed E-state index contributed by atoms with van der Waals surface area (Å²) in [6.45, 7) is 5.49. The van der Waals surface area contributed by atoms with Crippen molar-refractivity contribution in [3.63, 3.8) is 0 Å². The van der Waals surface area contributed by atoms with Gasteiger partial charge < -0.3 is 5.73 Å². The summed E-state index contributed by atoms with van der Waals surface area (Å²) < 4.78 is 0. The minimum atomic E-state index is -0.208. The Labute approximate surface area is 66.7 Å². The van der Waals surface area contributed by atoms with Gasteiger partial charge in [-0.15, -0.1) is 0 Å². The first-order valence-corrected chi connectivity index (χ1v) is 3.51. The molecule has 1 atom stereocenters. The molecule has 0 aromatic heterocycles. The molecule has 0 saturated carbocycles. The molecule has 0 bridgehead atoms. The lowest BCUT2D eigenvalue weighted by Gasteiger charge is -2.02. The van der Waals surface area contributed by atoms with Gasteiger partial charge in [0.2, 0.25) is 0 Å². The number of rotatable bonds is 1. The van der Waals surface area contributed by atoms with Crippen LogP contribution in [-0.4, -0.2) is 0 Å². The van der Waals surface area contributed by atoms with E-state index in [4.69, 9.17) is 12.7 Å². The van der Waals surface area contributed by atoms with Crippen LogP contribution in [0.4, 0.5) is 5.69 Å². The van der Waals surface area contributed by atoms with Crippen LogP contribution >= 0.6 is 12.6 Å². The van der Waals surface area contributed by atoms with Crippen molar-refractivity contribution in [2.75, 3.05) is 5.73 Å². The Kier molecular flexibility index (Phi) is 2.22. The van der Waals surface area contributed by atoms with E-state index < -0.39 is 0 Å². The third-order valence-electron chi connectivity index (χ3n) is 1.28. The zero-order valence-electron chi connectivity index (χ0n) is 5.49. The lowest BCUT2D eigenvalue weighted by Crippen LogP contribution is -1.87. The molecule has 2 N–H and O–H groups in total. The molecule has 0 saturated heterocycles. The Morgan fingerprint density at radius 1 is 1.30 bits per heavy atom. The molecule has 0 amide bonds. The van der Waals surface area contributed by atoms with E-state index in [0.29, 0.717) is 0 Å². The summed E-state index contributed by atoms with van der Waals surface area (Å²) in [6, 6.07) is 7.36. The van der Waals surface area contributed by atoms with Gasteiger partial charge in [-0.25, -0.2) is 0 Å². The molecular weight excluding hydrogens is 142 g/mol. The van der Waals surface area contributed by atoms with Gasteiger partial charge in [-0.3, -0.25) is 0 Å². The van der Waals surface area contributed by atoms with Crippen LogP contribution < -0.4 is 5.73 Å². The zero-order chi connectivity index (χ0) is 7.56. The number of benzene rings is 1. The molecule has 2 radical (unpaired) electrons. The number of thiol groups is 1. The van der Waals surface area contributed by atoms with Crippen molar-refractivity contribution in [2.45, 2.75) is 5.25 Å². The quantitative estimate of drug-likeness (QED) is 0.465. The number of hydrogen-bond donors (Lipinski definition) is 2. The van der Waals surface area contributed by atoms with Crippen molar-refractivity contribution < 1.29 is 0 Å². The summed E-state index contributed by atoms with van der Waals surface area (Å²) in [5, 5.41) is -0.208. The van der Waals surface area contributed by atoms with Gasteiger partial charge in [0.1, 0.15) is 0 Å². The standard InChI is InChI=1S/C8H9NS/c1-6(10)7-2-4-8(9)5-3-7/h1-6,10H,9H2. The summed E-state index contributed by atoms with van der Waals surface area (Å²) >= 11 is 4.06. The molecule has 1 aromatic carbocycles.